The Bertz CT molecular complexity index is 915. The van der Waals surface area contributed by atoms with Crippen LogP contribution in [0.2, 0.25) is 5.02 Å². The van der Waals surface area contributed by atoms with Crippen LogP contribution < -0.4 is 10.3 Å². The molecule has 3 rings (SSSR count). The predicted molar refractivity (Wildman–Crippen MR) is 78.2 cm³/mol. The number of aromatic amines is 1. The average molecular weight is 321 g/mol. The van der Waals surface area contributed by atoms with E-state index in [1.165, 1.54) is 18.4 Å². The minimum absolute atomic E-state index is 0.149. The van der Waals surface area contributed by atoms with Crippen LogP contribution in [0.1, 0.15) is 0 Å². The smallest absolute Gasteiger partial charge is 0.341 e. The predicted octanol–water partition coefficient (Wildman–Crippen LogP) is 2.30. The summed E-state index contributed by atoms with van der Waals surface area (Å²) >= 11 is 6.04. The molecule has 0 aliphatic carbocycles. The Kier molecular flexibility index (Phi) is 3.56. The van der Waals surface area contributed by atoms with E-state index in [9.17, 15) is 9.59 Å². The standard InChI is InChI=1S/C14H9ClN2O5/c15-8-5-7(1-2-10(8)22-6-11(18)19)13-16-9-3-4-21-12(9)14(20)17-13/h1-5H,6H2,(H,18,19)(H,16,17,20). The second-order valence-electron chi connectivity index (χ2n) is 4.38. The van der Waals surface area contributed by atoms with Gasteiger partial charge in [-0.25, -0.2) is 9.78 Å². The van der Waals surface area contributed by atoms with Crippen LogP contribution in [0.25, 0.3) is 22.5 Å². The summed E-state index contributed by atoms with van der Waals surface area (Å²) in [5, 5.41) is 8.80. The van der Waals surface area contributed by atoms with Crippen LogP contribution in [-0.4, -0.2) is 27.7 Å². The van der Waals surface area contributed by atoms with E-state index in [2.05, 4.69) is 9.97 Å². The van der Waals surface area contributed by atoms with Crippen molar-refractivity contribution in [1.29, 1.82) is 0 Å². The highest BCUT2D eigenvalue weighted by Crippen LogP contribution is 2.29. The van der Waals surface area contributed by atoms with E-state index in [4.69, 9.17) is 25.9 Å². The number of rotatable bonds is 4. The number of aliphatic carboxylic acids is 1. The van der Waals surface area contributed by atoms with Crippen molar-refractivity contribution in [2.45, 2.75) is 0 Å². The molecule has 112 valence electrons. The number of nitrogens with zero attached hydrogens (tertiary/aromatic N) is 1. The van der Waals surface area contributed by atoms with Gasteiger partial charge >= 0.3 is 5.97 Å². The fourth-order valence-electron chi connectivity index (χ4n) is 1.91. The number of fused-ring (bicyclic) bond motifs is 1. The number of H-pyrrole nitrogens is 1. The number of benzene rings is 1. The fourth-order valence-corrected chi connectivity index (χ4v) is 2.15. The number of halogens is 1. The van der Waals surface area contributed by atoms with Crippen molar-refractivity contribution in [3.8, 4) is 17.1 Å². The van der Waals surface area contributed by atoms with E-state index in [1.807, 2.05) is 0 Å². The summed E-state index contributed by atoms with van der Waals surface area (Å²) in [6.45, 7) is -0.491. The molecule has 0 saturated heterocycles. The van der Waals surface area contributed by atoms with Crippen molar-refractivity contribution < 1.29 is 19.1 Å². The molecule has 0 unspecified atom stereocenters. The van der Waals surface area contributed by atoms with Crippen molar-refractivity contribution in [1.82, 2.24) is 9.97 Å². The third-order valence-corrected chi connectivity index (χ3v) is 3.17. The number of carboxylic acids is 1. The normalized spacial score (nSPS) is 10.8. The topological polar surface area (TPSA) is 105 Å². The Morgan fingerprint density at radius 2 is 2.23 bits per heavy atom. The number of furan rings is 1. The monoisotopic (exact) mass is 320 g/mol. The number of nitrogens with one attached hydrogen (secondary N) is 1. The lowest BCUT2D eigenvalue weighted by Crippen LogP contribution is -2.10. The SMILES string of the molecule is O=C(O)COc1ccc(-c2nc3ccoc3c(=O)[nH]2)cc1Cl. The van der Waals surface area contributed by atoms with Crippen LogP contribution in [0, 0.1) is 0 Å². The summed E-state index contributed by atoms with van der Waals surface area (Å²) in [6, 6.07) is 6.25. The van der Waals surface area contributed by atoms with E-state index < -0.39 is 18.1 Å². The van der Waals surface area contributed by atoms with Crippen LogP contribution >= 0.6 is 11.6 Å². The van der Waals surface area contributed by atoms with Crippen molar-refractivity contribution in [2.75, 3.05) is 6.61 Å². The zero-order valence-corrected chi connectivity index (χ0v) is 11.8. The number of hydrogen-bond acceptors (Lipinski definition) is 5. The average Bonchev–Trinajstić information content (AvgIpc) is 2.94. The summed E-state index contributed by atoms with van der Waals surface area (Å²) in [7, 11) is 0. The molecule has 8 heteroatoms. The molecule has 1 aromatic carbocycles. The van der Waals surface area contributed by atoms with Gasteiger partial charge in [0.2, 0.25) is 5.58 Å². The van der Waals surface area contributed by atoms with Gasteiger partial charge < -0.3 is 19.2 Å². The number of ether oxygens (including phenoxy) is 1. The zero-order valence-electron chi connectivity index (χ0n) is 11.0. The zero-order chi connectivity index (χ0) is 15.7. The van der Waals surface area contributed by atoms with Crippen molar-refractivity contribution in [3.63, 3.8) is 0 Å². The summed E-state index contributed by atoms with van der Waals surface area (Å²) in [6.07, 6.45) is 1.38. The van der Waals surface area contributed by atoms with Gasteiger partial charge in [0, 0.05) is 11.6 Å². The quantitative estimate of drug-likeness (QED) is 0.764. The van der Waals surface area contributed by atoms with Crippen LogP contribution in [0.4, 0.5) is 0 Å². The highest BCUT2D eigenvalue weighted by molar-refractivity contribution is 6.32. The van der Waals surface area contributed by atoms with Gasteiger partial charge in [0.05, 0.1) is 11.3 Å². The van der Waals surface area contributed by atoms with E-state index in [0.717, 1.165) is 0 Å². The Balaban J connectivity index is 1.98. The molecule has 0 aliphatic rings. The molecule has 2 aromatic heterocycles. The first kappa shape index (κ1) is 14.2. The van der Waals surface area contributed by atoms with E-state index >= 15 is 0 Å². The van der Waals surface area contributed by atoms with Gasteiger partial charge in [-0.2, -0.15) is 0 Å². The Hall–Kier alpha value is -2.80. The van der Waals surface area contributed by atoms with Crippen LogP contribution in [-0.2, 0) is 4.79 Å². The molecular formula is C14H9ClN2O5. The lowest BCUT2D eigenvalue weighted by molar-refractivity contribution is -0.139. The summed E-state index contributed by atoms with van der Waals surface area (Å²) in [4.78, 5) is 29.2. The number of aromatic nitrogens is 2. The summed E-state index contributed by atoms with van der Waals surface area (Å²) in [5.41, 5.74) is 0.748. The van der Waals surface area contributed by atoms with Gasteiger partial charge in [0.15, 0.2) is 6.61 Å². The van der Waals surface area contributed by atoms with Crippen molar-refractivity contribution >= 4 is 28.7 Å². The Morgan fingerprint density at radius 1 is 1.41 bits per heavy atom. The molecule has 0 fully saturated rings. The van der Waals surface area contributed by atoms with E-state index in [-0.39, 0.29) is 16.4 Å². The van der Waals surface area contributed by atoms with Gasteiger partial charge in [-0.3, -0.25) is 4.79 Å². The first-order chi connectivity index (χ1) is 10.5. The highest BCUT2D eigenvalue weighted by Gasteiger charge is 2.11. The van der Waals surface area contributed by atoms with Gasteiger partial charge in [0.25, 0.3) is 5.56 Å². The van der Waals surface area contributed by atoms with Gasteiger partial charge in [-0.1, -0.05) is 11.6 Å². The molecule has 0 amide bonds. The number of carboxylic acid groups (broad SMARTS) is 1. The third kappa shape index (κ3) is 2.66. The second kappa shape index (κ2) is 5.53. The Morgan fingerprint density at radius 3 is 2.95 bits per heavy atom. The van der Waals surface area contributed by atoms with E-state index in [1.54, 1.807) is 12.1 Å². The molecule has 0 bridgehead atoms. The molecule has 7 nitrogen and oxygen atoms in total. The van der Waals surface area contributed by atoms with Crippen molar-refractivity contribution in [2.24, 2.45) is 0 Å². The third-order valence-electron chi connectivity index (χ3n) is 2.87. The van der Waals surface area contributed by atoms with Crippen molar-refractivity contribution in [3.05, 3.63) is 45.9 Å². The maximum Gasteiger partial charge on any atom is 0.341 e. The van der Waals surface area contributed by atoms with Gasteiger partial charge in [-0.05, 0) is 18.2 Å². The number of carbonyl (C=O) groups is 1. The number of hydrogen-bond donors (Lipinski definition) is 2. The molecule has 0 saturated carbocycles. The van der Waals surface area contributed by atoms with Crippen LogP contribution in [0.5, 0.6) is 5.75 Å². The molecule has 0 aliphatic heterocycles. The largest absolute Gasteiger partial charge is 0.480 e. The lowest BCUT2D eigenvalue weighted by Gasteiger charge is -2.07. The molecular weight excluding hydrogens is 312 g/mol. The molecule has 3 aromatic rings. The molecule has 0 atom stereocenters. The Labute approximate surface area is 128 Å². The fraction of sp³-hybridized carbons (Fsp3) is 0.0714. The molecule has 2 heterocycles. The highest BCUT2D eigenvalue weighted by atomic mass is 35.5. The second-order valence-corrected chi connectivity index (χ2v) is 4.78. The summed E-state index contributed by atoms with van der Waals surface area (Å²) in [5.74, 6) is -0.540. The maximum atomic E-state index is 11.9. The van der Waals surface area contributed by atoms with Gasteiger partial charge in [0.1, 0.15) is 17.1 Å². The minimum atomic E-state index is -1.10. The molecule has 0 radical (unpaired) electrons. The maximum absolute atomic E-state index is 11.9. The molecule has 2 N–H and O–H groups in total. The van der Waals surface area contributed by atoms with E-state index in [0.29, 0.717) is 16.9 Å². The van der Waals surface area contributed by atoms with Crippen LogP contribution in [0.15, 0.2) is 39.7 Å². The summed E-state index contributed by atoms with van der Waals surface area (Å²) < 4.78 is 10.1. The first-order valence-electron chi connectivity index (χ1n) is 6.16. The molecule has 22 heavy (non-hydrogen) atoms. The van der Waals surface area contributed by atoms with Gasteiger partial charge in [-0.15, -0.1) is 0 Å². The molecule has 0 spiro atoms. The minimum Gasteiger partial charge on any atom is -0.480 e. The first-order valence-corrected chi connectivity index (χ1v) is 6.54. The lowest BCUT2D eigenvalue weighted by atomic mass is 10.2. The van der Waals surface area contributed by atoms with Crippen LogP contribution in [0.3, 0.4) is 0 Å².